The summed E-state index contributed by atoms with van der Waals surface area (Å²) in [6, 6.07) is -2.65. The molecule has 3 atom stereocenters. The molecule has 108 valence electrons. The molecule has 0 rings (SSSR count). The number of aliphatic hydroxyl groups is 1. The van der Waals surface area contributed by atoms with Crippen LogP contribution >= 0.6 is 0 Å². The Bertz CT molecular complexity index is 327. The summed E-state index contributed by atoms with van der Waals surface area (Å²) in [6.07, 6.45) is -7.41. The molecule has 0 saturated carbocycles. The van der Waals surface area contributed by atoms with E-state index >= 15 is 0 Å². The third kappa shape index (κ3) is 4.91. The summed E-state index contributed by atoms with van der Waals surface area (Å²) < 4.78 is 54.3. The van der Waals surface area contributed by atoms with Gasteiger partial charge >= 0.3 is 12.1 Å². The molecule has 0 aromatic heterocycles. The summed E-state index contributed by atoms with van der Waals surface area (Å²) in [5.74, 6) is -1.45. The Morgan fingerprint density at radius 1 is 1.33 bits per heavy atom. The van der Waals surface area contributed by atoms with E-state index in [-0.39, 0.29) is 0 Å². The van der Waals surface area contributed by atoms with E-state index in [0.29, 0.717) is 0 Å². The summed E-state index contributed by atoms with van der Waals surface area (Å²) in [7, 11) is -1.24. The number of methoxy groups -OCH3 is 1. The van der Waals surface area contributed by atoms with Crippen LogP contribution < -0.4 is 4.72 Å². The molecule has 2 N–H and O–H groups in total. The molecular formula is C9H16F3NO4S. The molecular weight excluding hydrogens is 275 g/mol. The van der Waals surface area contributed by atoms with E-state index < -0.39 is 40.0 Å². The molecule has 0 aromatic carbocycles. The number of rotatable bonds is 4. The molecule has 5 nitrogen and oxygen atoms in total. The van der Waals surface area contributed by atoms with Gasteiger partial charge in [0.1, 0.15) is 0 Å². The maximum atomic E-state index is 12.7. The van der Waals surface area contributed by atoms with Crippen LogP contribution in [0.3, 0.4) is 0 Å². The van der Waals surface area contributed by atoms with Gasteiger partial charge in [-0.2, -0.15) is 13.2 Å². The number of hydrogen-bond acceptors (Lipinski definition) is 4. The van der Waals surface area contributed by atoms with Gasteiger partial charge in [-0.1, -0.05) is 0 Å². The Balaban J connectivity index is 5.05. The van der Waals surface area contributed by atoms with Gasteiger partial charge in [-0.05, 0) is 20.8 Å². The SMILES string of the molecule is COC(=O)[C@@H](O)[C@H](N[S@@](=O)C(C)(C)C)C(F)(F)F. The highest BCUT2D eigenvalue weighted by Gasteiger charge is 2.49. The fraction of sp³-hybridized carbons (Fsp3) is 0.889. The van der Waals surface area contributed by atoms with Gasteiger partial charge in [0.15, 0.2) is 12.1 Å². The monoisotopic (exact) mass is 291 g/mol. The van der Waals surface area contributed by atoms with Crippen molar-refractivity contribution < 1.29 is 32.0 Å². The van der Waals surface area contributed by atoms with Gasteiger partial charge in [-0.25, -0.2) is 13.7 Å². The van der Waals surface area contributed by atoms with Crippen molar-refractivity contribution in [1.82, 2.24) is 4.72 Å². The van der Waals surface area contributed by atoms with Crippen molar-refractivity contribution in [2.45, 2.75) is 43.8 Å². The second kappa shape index (κ2) is 5.98. The van der Waals surface area contributed by atoms with Gasteiger partial charge in [0.2, 0.25) is 0 Å². The molecule has 0 saturated heterocycles. The van der Waals surface area contributed by atoms with Gasteiger partial charge in [0, 0.05) is 0 Å². The normalized spacial score (nSPS) is 18.0. The molecule has 0 spiro atoms. The minimum atomic E-state index is -4.94. The zero-order valence-corrected chi connectivity index (χ0v) is 11.2. The fourth-order valence-electron chi connectivity index (χ4n) is 0.859. The third-order valence-corrected chi connectivity index (χ3v) is 3.48. The highest BCUT2D eigenvalue weighted by atomic mass is 32.2. The van der Waals surface area contributed by atoms with Crippen LogP contribution in [0.4, 0.5) is 13.2 Å². The second-order valence-corrected chi connectivity index (χ2v) is 6.48. The quantitative estimate of drug-likeness (QED) is 0.740. The van der Waals surface area contributed by atoms with Gasteiger partial charge in [-0.3, -0.25) is 0 Å². The Hall–Kier alpha value is -0.670. The highest BCUT2D eigenvalue weighted by Crippen LogP contribution is 2.25. The largest absolute Gasteiger partial charge is 0.467 e. The van der Waals surface area contributed by atoms with Crippen molar-refractivity contribution >= 4 is 17.0 Å². The van der Waals surface area contributed by atoms with Crippen molar-refractivity contribution in [3.63, 3.8) is 0 Å². The van der Waals surface area contributed by atoms with E-state index in [1.807, 2.05) is 0 Å². The minimum absolute atomic E-state index is 0.847. The lowest BCUT2D eigenvalue weighted by Crippen LogP contribution is -2.56. The number of hydrogen-bond donors (Lipinski definition) is 2. The van der Waals surface area contributed by atoms with Gasteiger partial charge in [0.25, 0.3) is 0 Å². The maximum absolute atomic E-state index is 12.7. The molecule has 0 aliphatic carbocycles. The summed E-state index contributed by atoms with van der Waals surface area (Å²) in [5.41, 5.74) is 0. The summed E-state index contributed by atoms with van der Waals surface area (Å²) in [6.45, 7) is 4.36. The first-order chi connectivity index (χ1) is 7.91. The van der Waals surface area contributed by atoms with E-state index in [1.165, 1.54) is 20.8 Å². The number of nitrogens with one attached hydrogen (secondary N) is 1. The fourth-order valence-corrected chi connectivity index (χ4v) is 1.71. The van der Waals surface area contributed by atoms with Crippen LogP contribution in [0.5, 0.6) is 0 Å². The van der Waals surface area contributed by atoms with E-state index in [1.54, 1.807) is 4.72 Å². The van der Waals surface area contributed by atoms with Crippen molar-refractivity contribution in [2.75, 3.05) is 7.11 Å². The minimum Gasteiger partial charge on any atom is -0.467 e. The molecule has 0 aromatic rings. The van der Waals surface area contributed by atoms with Crippen molar-refractivity contribution in [3.8, 4) is 0 Å². The van der Waals surface area contributed by atoms with E-state index in [9.17, 15) is 27.3 Å². The van der Waals surface area contributed by atoms with Crippen molar-refractivity contribution in [3.05, 3.63) is 0 Å². The third-order valence-electron chi connectivity index (χ3n) is 1.90. The van der Waals surface area contributed by atoms with Crippen molar-refractivity contribution in [2.24, 2.45) is 0 Å². The molecule has 0 amide bonds. The molecule has 0 bridgehead atoms. The molecule has 0 radical (unpaired) electrons. The average Bonchev–Trinajstić information content (AvgIpc) is 2.20. The molecule has 0 aliphatic rings. The van der Waals surface area contributed by atoms with Crippen LogP contribution in [0.15, 0.2) is 0 Å². The predicted octanol–water partition coefficient (Wildman–Crippen LogP) is 0.503. The number of halogens is 3. The summed E-state index contributed by atoms with van der Waals surface area (Å²) in [4.78, 5) is 10.9. The zero-order valence-electron chi connectivity index (χ0n) is 10.4. The van der Waals surface area contributed by atoms with Gasteiger partial charge in [-0.15, -0.1) is 0 Å². The van der Waals surface area contributed by atoms with Gasteiger partial charge < -0.3 is 9.84 Å². The standard InChI is InChI=1S/C9H16F3NO4S/c1-8(2,3)18(16)13-6(9(10,11)12)5(14)7(15)17-4/h5-6,13-14H,1-4H3/t5-,6-,18-/m0/s1. The van der Waals surface area contributed by atoms with E-state index in [2.05, 4.69) is 4.74 Å². The summed E-state index contributed by atoms with van der Waals surface area (Å²) >= 11 is 0. The number of carbonyl (C=O) groups is 1. The van der Waals surface area contributed by atoms with Gasteiger partial charge in [0.05, 0.1) is 22.8 Å². The highest BCUT2D eigenvalue weighted by molar-refractivity contribution is 7.84. The Labute approximate surface area is 105 Å². The Morgan fingerprint density at radius 2 is 1.78 bits per heavy atom. The Kier molecular flexibility index (Phi) is 5.76. The van der Waals surface area contributed by atoms with Crippen LogP contribution in [0.1, 0.15) is 20.8 Å². The lowest BCUT2D eigenvalue weighted by Gasteiger charge is -2.27. The molecule has 0 aliphatic heterocycles. The van der Waals surface area contributed by atoms with Crippen molar-refractivity contribution in [1.29, 1.82) is 0 Å². The number of ether oxygens (including phenoxy) is 1. The van der Waals surface area contributed by atoms with Crippen LogP contribution in [-0.4, -0.2) is 45.5 Å². The van der Waals surface area contributed by atoms with E-state index in [4.69, 9.17) is 0 Å². The second-order valence-electron chi connectivity index (χ2n) is 4.49. The number of carbonyl (C=O) groups excluding carboxylic acids is 1. The predicted molar refractivity (Wildman–Crippen MR) is 58.9 cm³/mol. The van der Waals surface area contributed by atoms with Crippen LogP contribution in [0.25, 0.3) is 0 Å². The first-order valence-corrected chi connectivity index (χ1v) is 6.07. The Morgan fingerprint density at radius 3 is 2.06 bits per heavy atom. The topological polar surface area (TPSA) is 75.6 Å². The van der Waals surface area contributed by atoms with Crippen LogP contribution in [0, 0.1) is 0 Å². The first kappa shape index (κ1) is 17.3. The lowest BCUT2D eigenvalue weighted by molar-refractivity contribution is -0.187. The zero-order chi connectivity index (χ0) is 14.7. The molecule has 0 heterocycles. The van der Waals surface area contributed by atoms with Crippen LogP contribution in [0.2, 0.25) is 0 Å². The first-order valence-electron chi connectivity index (χ1n) is 4.92. The maximum Gasteiger partial charge on any atom is 0.407 e. The number of esters is 1. The number of aliphatic hydroxyl groups excluding tert-OH is 1. The molecule has 18 heavy (non-hydrogen) atoms. The van der Waals surface area contributed by atoms with Crippen LogP contribution in [-0.2, 0) is 20.5 Å². The molecule has 9 heteroatoms. The van der Waals surface area contributed by atoms with E-state index in [0.717, 1.165) is 7.11 Å². The summed E-state index contributed by atoms with van der Waals surface area (Å²) in [5, 5.41) is 9.24. The molecule has 0 fully saturated rings. The molecule has 0 unspecified atom stereocenters. The average molecular weight is 291 g/mol. The smallest absolute Gasteiger partial charge is 0.407 e. The lowest BCUT2D eigenvalue weighted by atomic mass is 10.2. The number of alkyl halides is 3.